The van der Waals surface area contributed by atoms with Gasteiger partial charge < -0.3 is 10.1 Å². The van der Waals surface area contributed by atoms with Crippen molar-refractivity contribution in [2.75, 3.05) is 5.32 Å². The van der Waals surface area contributed by atoms with Crippen molar-refractivity contribution in [3.63, 3.8) is 0 Å². The topological polar surface area (TPSA) is 72.5 Å². The fraction of sp³-hybridized carbons (Fsp3) is 0.190. The van der Waals surface area contributed by atoms with Gasteiger partial charge in [0.1, 0.15) is 0 Å². The van der Waals surface area contributed by atoms with E-state index < -0.39 is 18.0 Å². The lowest BCUT2D eigenvalue weighted by molar-refractivity contribution is -0.153. The molecule has 0 saturated heterocycles. The van der Waals surface area contributed by atoms with E-state index in [1.54, 1.807) is 18.2 Å². The largest absolute Gasteiger partial charge is 0.453 e. The molecular formula is C21H18ClNO4S. The molecule has 0 aliphatic heterocycles. The molecule has 0 unspecified atom stereocenters. The highest BCUT2D eigenvalue weighted by Gasteiger charge is 2.20. The van der Waals surface area contributed by atoms with Gasteiger partial charge in [0, 0.05) is 17.5 Å². The van der Waals surface area contributed by atoms with Gasteiger partial charge >= 0.3 is 5.97 Å². The number of Topliss-reactive ketones (excluding diaryl/α,β-unsaturated/α-hetero) is 1. The normalized spacial score (nSPS) is 11.8. The minimum atomic E-state index is -0.974. The van der Waals surface area contributed by atoms with Gasteiger partial charge in [-0.1, -0.05) is 48.0 Å². The van der Waals surface area contributed by atoms with E-state index in [1.165, 1.54) is 18.3 Å². The summed E-state index contributed by atoms with van der Waals surface area (Å²) < 4.78 is 5.68. The number of nitrogens with one attached hydrogen (secondary N) is 1. The van der Waals surface area contributed by atoms with Gasteiger partial charge in [-0.3, -0.25) is 14.4 Å². The Morgan fingerprint density at radius 2 is 1.79 bits per heavy atom. The Morgan fingerprint density at radius 1 is 1.04 bits per heavy atom. The zero-order valence-corrected chi connectivity index (χ0v) is 16.7. The van der Waals surface area contributed by atoms with Crippen LogP contribution in [-0.4, -0.2) is 23.8 Å². The second kappa shape index (κ2) is 8.99. The smallest absolute Gasteiger partial charge is 0.307 e. The number of fused-ring (bicyclic) bond motifs is 1. The van der Waals surface area contributed by atoms with Gasteiger partial charge in [0.15, 0.2) is 11.9 Å². The van der Waals surface area contributed by atoms with E-state index in [4.69, 9.17) is 16.3 Å². The molecule has 3 aromatic rings. The van der Waals surface area contributed by atoms with Crippen molar-refractivity contribution in [2.24, 2.45) is 0 Å². The average molecular weight is 416 g/mol. The first-order chi connectivity index (χ1) is 13.4. The summed E-state index contributed by atoms with van der Waals surface area (Å²) in [6, 6.07) is 16.5. The molecule has 5 nitrogen and oxygen atoms in total. The molecule has 0 saturated carbocycles. The number of ketones is 1. The van der Waals surface area contributed by atoms with Crippen LogP contribution in [0.3, 0.4) is 0 Å². The first-order valence-corrected chi connectivity index (χ1v) is 9.90. The number of hydrogen-bond acceptors (Lipinski definition) is 5. The van der Waals surface area contributed by atoms with Crippen LogP contribution in [0.25, 0.3) is 10.8 Å². The van der Waals surface area contributed by atoms with Crippen LogP contribution in [0.2, 0.25) is 4.34 Å². The van der Waals surface area contributed by atoms with E-state index in [2.05, 4.69) is 5.32 Å². The summed E-state index contributed by atoms with van der Waals surface area (Å²) in [6.45, 7) is 1.50. The minimum absolute atomic E-state index is 0.00728. The Hall–Kier alpha value is -2.70. The number of anilines is 1. The fourth-order valence-corrected chi connectivity index (χ4v) is 3.69. The number of halogens is 1. The number of benzene rings is 2. The van der Waals surface area contributed by atoms with Crippen LogP contribution in [0.15, 0.2) is 54.6 Å². The SMILES string of the molecule is C[C@H](OC(=O)CCC(=O)c1ccc(Cl)s1)C(=O)Nc1cccc2ccccc12. The van der Waals surface area contributed by atoms with Crippen molar-refractivity contribution in [1.82, 2.24) is 0 Å². The maximum atomic E-state index is 12.4. The van der Waals surface area contributed by atoms with Gasteiger partial charge in [-0.2, -0.15) is 0 Å². The van der Waals surface area contributed by atoms with Gasteiger partial charge in [0.2, 0.25) is 0 Å². The van der Waals surface area contributed by atoms with Crippen LogP contribution in [0.1, 0.15) is 29.4 Å². The predicted octanol–water partition coefficient (Wildman–Crippen LogP) is 5.09. The predicted molar refractivity (Wildman–Crippen MR) is 111 cm³/mol. The number of carbonyl (C=O) groups excluding carboxylic acids is 3. The molecule has 3 rings (SSSR count). The summed E-state index contributed by atoms with van der Waals surface area (Å²) in [4.78, 5) is 36.9. The Kier molecular flexibility index (Phi) is 6.44. The third kappa shape index (κ3) is 4.97. The van der Waals surface area contributed by atoms with Crippen LogP contribution < -0.4 is 5.32 Å². The van der Waals surface area contributed by atoms with E-state index in [1.807, 2.05) is 36.4 Å². The van der Waals surface area contributed by atoms with E-state index in [-0.39, 0.29) is 18.6 Å². The van der Waals surface area contributed by atoms with Crippen molar-refractivity contribution < 1.29 is 19.1 Å². The maximum Gasteiger partial charge on any atom is 0.307 e. The Bertz CT molecular complexity index is 1020. The Labute approximate surface area is 171 Å². The molecule has 0 aliphatic rings. The average Bonchev–Trinajstić information content (AvgIpc) is 3.13. The maximum absolute atomic E-state index is 12.4. The molecule has 0 spiro atoms. The van der Waals surface area contributed by atoms with E-state index in [0.717, 1.165) is 10.8 Å². The molecular weight excluding hydrogens is 398 g/mol. The van der Waals surface area contributed by atoms with E-state index in [0.29, 0.717) is 14.9 Å². The lowest BCUT2D eigenvalue weighted by Crippen LogP contribution is -2.30. The fourth-order valence-electron chi connectivity index (χ4n) is 2.68. The van der Waals surface area contributed by atoms with Gasteiger partial charge in [0.25, 0.3) is 5.91 Å². The number of thiophene rings is 1. The minimum Gasteiger partial charge on any atom is -0.453 e. The van der Waals surface area contributed by atoms with Crippen LogP contribution >= 0.6 is 22.9 Å². The molecule has 1 amide bonds. The van der Waals surface area contributed by atoms with Gasteiger partial charge in [0.05, 0.1) is 15.6 Å². The van der Waals surface area contributed by atoms with Crippen molar-refractivity contribution in [1.29, 1.82) is 0 Å². The zero-order chi connectivity index (χ0) is 20.1. The lowest BCUT2D eigenvalue weighted by atomic mass is 10.1. The highest BCUT2D eigenvalue weighted by atomic mass is 35.5. The number of esters is 1. The Morgan fingerprint density at radius 3 is 2.54 bits per heavy atom. The van der Waals surface area contributed by atoms with Crippen LogP contribution in [0.4, 0.5) is 5.69 Å². The molecule has 2 aromatic carbocycles. The molecule has 0 fully saturated rings. The summed E-state index contributed by atoms with van der Waals surface area (Å²) in [7, 11) is 0. The molecule has 1 N–H and O–H groups in total. The van der Waals surface area contributed by atoms with Crippen LogP contribution in [0, 0.1) is 0 Å². The summed E-state index contributed by atoms with van der Waals surface area (Å²) in [5.74, 6) is -1.21. The van der Waals surface area contributed by atoms with Gasteiger partial charge in [-0.05, 0) is 30.5 Å². The molecule has 28 heavy (non-hydrogen) atoms. The number of rotatable bonds is 7. The highest BCUT2D eigenvalue weighted by Crippen LogP contribution is 2.24. The zero-order valence-electron chi connectivity index (χ0n) is 15.1. The van der Waals surface area contributed by atoms with E-state index in [9.17, 15) is 14.4 Å². The van der Waals surface area contributed by atoms with Crippen molar-refractivity contribution >= 4 is 57.1 Å². The summed E-state index contributed by atoms with van der Waals surface area (Å²) >= 11 is 6.97. The van der Waals surface area contributed by atoms with Crippen LogP contribution in [0.5, 0.6) is 0 Å². The monoisotopic (exact) mass is 415 g/mol. The summed E-state index contributed by atoms with van der Waals surface area (Å²) in [5, 5.41) is 4.68. The van der Waals surface area contributed by atoms with Crippen molar-refractivity contribution in [3.05, 3.63) is 63.8 Å². The second-order valence-electron chi connectivity index (χ2n) is 6.17. The first kappa shape index (κ1) is 20.0. The second-order valence-corrected chi connectivity index (χ2v) is 7.89. The van der Waals surface area contributed by atoms with E-state index >= 15 is 0 Å². The summed E-state index contributed by atoms with van der Waals surface area (Å²) in [6.07, 6.45) is -1.06. The van der Waals surface area contributed by atoms with Gasteiger partial charge in [-0.25, -0.2) is 0 Å². The molecule has 0 radical (unpaired) electrons. The molecule has 0 aliphatic carbocycles. The molecule has 1 aromatic heterocycles. The summed E-state index contributed by atoms with van der Waals surface area (Å²) in [5.41, 5.74) is 0.649. The van der Waals surface area contributed by atoms with Crippen LogP contribution in [-0.2, 0) is 14.3 Å². The highest BCUT2D eigenvalue weighted by molar-refractivity contribution is 7.18. The molecule has 7 heteroatoms. The molecule has 1 heterocycles. The standard InChI is InChI=1S/C21H18ClNO4S/c1-13(27-20(25)12-9-17(24)18-10-11-19(22)28-18)21(26)23-16-8-4-6-14-5-2-3-7-15(14)16/h2-8,10-11,13H,9,12H2,1H3,(H,23,26)/t13-/m0/s1. The van der Waals surface area contributed by atoms with Crippen molar-refractivity contribution in [2.45, 2.75) is 25.9 Å². The Balaban J connectivity index is 1.53. The number of ether oxygens (including phenoxy) is 1. The quantitative estimate of drug-likeness (QED) is 0.431. The van der Waals surface area contributed by atoms with Crippen molar-refractivity contribution in [3.8, 4) is 0 Å². The number of carbonyl (C=O) groups is 3. The molecule has 1 atom stereocenters. The number of amides is 1. The number of hydrogen-bond donors (Lipinski definition) is 1. The van der Waals surface area contributed by atoms with Gasteiger partial charge in [-0.15, -0.1) is 11.3 Å². The lowest BCUT2D eigenvalue weighted by Gasteiger charge is -2.14. The first-order valence-electron chi connectivity index (χ1n) is 8.70. The third-order valence-electron chi connectivity index (χ3n) is 4.13. The third-order valence-corrected chi connectivity index (χ3v) is 5.40. The molecule has 0 bridgehead atoms. The molecule has 144 valence electrons.